The first-order valence-electron chi connectivity index (χ1n) is 6.24. The molecule has 1 aromatic rings. The Hall–Kier alpha value is -0.830. The second-order valence-corrected chi connectivity index (χ2v) is 5.57. The van der Waals surface area contributed by atoms with Crippen LogP contribution in [0, 0.1) is 0 Å². The van der Waals surface area contributed by atoms with E-state index in [-0.39, 0.29) is 0 Å². The van der Waals surface area contributed by atoms with Gasteiger partial charge in [-0.15, -0.1) is 0 Å². The van der Waals surface area contributed by atoms with Crippen molar-refractivity contribution in [2.24, 2.45) is 0 Å². The van der Waals surface area contributed by atoms with Crippen LogP contribution in [0.3, 0.4) is 0 Å². The number of anilines is 1. The van der Waals surface area contributed by atoms with Crippen LogP contribution < -0.4 is 4.90 Å². The first kappa shape index (κ1) is 12.6. The van der Waals surface area contributed by atoms with E-state index < -0.39 is 0 Å². The maximum absolute atomic E-state index is 10.7. The summed E-state index contributed by atoms with van der Waals surface area (Å²) in [5.74, 6) is 0. The summed E-state index contributed by atoms with van der Waals surface area (Å²) in [4.78, 5) is 13.2. The summed E-state index contributed by atoms with van der Waals surface area (Å²) in [5, 5.41) is 0. The van der Waals surface area contributed by atoms with E-state index in [0.717, 1.165) is 22.9 Å². The summed E-state index contributed by atoms with van der Waals surface area (Å²) in [6.07, 6.45) is 6.04. The molecule has 0 N–H and O–H groups in total. The minimum absolute atomic E-state index is 0.580. The molecule has 1 fully saturated rings. The van der Waals surface area contributed by atoms with Gasteiger partial charge in [-0.3, -0.25) is 4.79 Å². The number of halogens is 1. The second-order valence-electron chi connectivity index (χ2n) is 4.72. The number of hydrogen-bond donors (Lipinski definition) is 0. The lowest BCUT2D eigenvalue weighted by Gasteiger charge is -2.30. The summed E-state index contributed by atoms with van der Waals surface area (Å²) in [5.41, 5.74) is 1.94. The second kappa shape index (κ2) is 5.67. The van der Waals surface area contributed by atoms with Crippen LogP contribution in [0.5, 0.6) is 0 Å². The van der Waals surface area contributed by atoms with Crippen molar-refractivity contribution in [3.05, 3.63) is 28.2 Å². The predicted octanol–water partition coefficient (Wildman–Crippen LogP) is 4.03. The molecular weight excluding hydrogens is 278 g/mol. The van der Waals surface area contributed by atoms with Gasteiger partial charge < -0.3 is 4.90 Å². The fourth-order valence-corrected chi connectivity index (χ4v) is 3.09. The van der Waals surface area contributed by atoms with Crippen LogP contribution in [-0.2, 0) is 0 Å². The zero-order valence-corrected chi connectivity index (χ0v) is 11.7. The highest BCUT2D eigenvalue weighted by Gasteiger charge is 2.19. The molecule has 1 aliphatic rings. The number of carbonyl (C=O) groups is 1. The van der Waals surface area contributed by atoms with Gasteiger partial charge in [-0.05, 0) is 53.9 Å². The predicted molar refractivity (Wildman–Crippen MR) is 74.8 cm³/mol. The molecule has 2 nitrogen and oxygen atoms in total. The summed E-state index contributed by atoms with van der Waals surface area (Å²) < 4.78 is 1.02. The molecule has 1 aliphatic heterocycles. The third-order valence-electron chi connectivity index (χ3n) is 3.47. The highest BCUT2D eigenvalue weighted by atomic mass is 79.9. The van der Waals surface area contributed by atoms with Gasteiger partial charge in [-0.2, -0.15) is 0 Å². The normalized spacial score (nSPS) is 21.1. The van der Waals surface area contributed by atoms with E-state index in [9.17, 15) is 4.79 Å². The van der Waals surface area contributed by atoms with E-state index >= 15 is 0 Å². The maximum atomic E-state index is 10.7. The summed E-state index contributed by atoms with van der Waals surface area (Å²) in [6.45, 7) is 3.39. The first-order chi connectivity index (χ1) is 8.22. The molecule has 1 aromatic carbocycles. The Kier molecular flexibility index (Phi) is 4.21. The number of hydrogen-bond acceptors (Lipinski definition) is 2. The number of rotatable bonds is 2. The van der Waals surface area contributed by atoms with Crippen molar-refractivity contribution in [2.75, 3.05) is 11.4 Å². The van der Waals surface area contributed by atoms with Gasteiger partial charge in [0.05, 0.1) is 5.69 Å². The Morgan fingerprint density at radius 2 is 2.18 bits per heavy atom. The molecule has 0 amide bonds. The minimum atomic E-state index is 0.580. The third-order valence-corrected chi connectivity index (χ3v) is 4.11. The van der Waals surface area contributed by atoms with E-state index in [1.54, 1.807) is 0 Å². The highest BCUT2D eigenvalue weighted by Crippen LogP contribution is 2.31. The molecule has 0 saturated carbocycles. The Labute approximate surface area is 111 Å². The largest absolute Gasteiger partial charge is 0.368 e. The van der Waals surface area contributed by atoms with Gasteiger partial charge in [-0.1, -0.05) is 12.8 Å². The van der Waals surface area contributed by atoms with E-state index in [1.807, 2.05) is 12.1 Å². The fourth-order valence-electron chi connectivity index (χ4n) is 2.46. The minimum Gasteiger partial charge on any atom is -0.368 e. The summed E-state index contributed by atoms with van der Waals surface area (Å²) in [7, 11) is 0. The van der Waals surface area contributed by atoms with Crippen LogP contribution in [0.25, 0.3) is 0 Å². The fraction of sp³-hybridized carbons (Fsp3) is 0.500. The van der Waals surface area contributed by atoms with Gasteiger partial charge in [0.25, 0.3) is 0 Å². The number of carbonyl (C=O) groups excluding carboxylic acids is 1. The van der Waals surface area contributed by atoms with Gasteiger partial charge in [-0.25, -0.2) is 0 Å². The lowest BCUT2D eigenvalue weighted by molar-refractivity contribution is 0.112. The van der Waals surface area contributed by atoms with Crippen molar-refractivity contribution >= 4 is 27.9 Å². The first-order valence-corrected chi connectivity index (χ1v) is 7.03. The molecular formula is C14H18BrNO. The molecule has 0 spiro atoms. The highest BCUT2D eigenvalue weighted by molar-refractivity contribution is 9.10. The van der Waals surface area contributed by atoms with Crippen molar-refractivity contribution in [3.63, 3.8) is 0 Å². The molecule has 0 aromatic heterocycles. The molecule has 1 atom stereocenters. The average Bonchev–Trinajstić information content (AvgIpc) is 2.54. The quantitative estimate of drug-likeness (QED) is 0.768. The molecule has 1 heterocycles. The van der Waals surface area contributed by atoms with Gasteiger partial charge in [0.1, 0.15) is 6.29 Å². The lowest BCUT2D eigenvalue weighted by Crippen LogP contribution is -2.32. The van der Waals surface area contributed by atoms with Crippen molar-refractivity contribution in [1.29, 1.82) is 0 Å². The van der Waals surface area contributed by atoms with Crippen molar-refractivity contribution < 1.29 is 4.79 Å². The van der Waals surface area contributed by atoms with Gasteiger partial charge >= 0.3 is 0 Å². The van der Waals surface area contributed by atoms with Crippen LogP contribution in [0.2, 0.25) is 0 Å². The Bertz CT molecular complexity index is 405. The van der Waals surface area contributed by atoms with Crippen molar-refractivity contribution in [3.8, 4) is 0 Å². The van der Waals surface area contributed by atoms with Gasteiger partial charge in [0.15, 0.2) is 0 Å². The molecule has 1 saturated heterocycles. The maximum Gasteiger partial charge on any atom is 0.150 e. The molecule has 17 heavy (non-hydrogen) atoms. The molecule has 2 rings (SSSR count). The zero-order chi connectivity index (χ0) is 12.3. The van der Waals surface area contributed by atoms with E-state index in [2.05, 4.69) is 33.8 Å². The lowest BCUT2D eigenvalue weighted by atomic mass is 10.1. The summed E-state index contributed by atoms with van der Waals surface area (Å²) >= 11 is 3.58. The number of aldehydes is 1. The number of nitrogens with zero attached hydrogens (tertiary/aromatic N) is 1. The van der Waals surface area contributed by atoms with E-state index in [1.165, 1.54) is 31.4 Å². The van der Waals surface area contributed by atoms with Crippen LogP contribution in [0.15, 0.2) is 22.7 Å². The van der Waals surface area contributed by atoms with Crippen LogP contribution >= 0.6 is 15.9 Å². The van der Waals surface area contributed by atoms with Crippen molar-refractivity contribution in [2.45, 2.75) is 38.6 Å². The topological polar surface area (TPSA) is 20.3 Å². The molecule has 3 heteroatoms. The Morgan fingerprint density at radius 3 is 2.88 bits per heavy atom. The van der Waals surface area contributed by atoms with E-state index in [4.69, 9.17) is 0 Å². The monoisotopic (exact) mass is 295 g/mol. The summed E-state index contributed by atoms with van der Waals surface area (Å²) in [6, 6.07) is 6.43. The Morgan fingerprint density at radius 1 is 1.35 bits per heavy atom. The third kappa shape index (κ3) is 2.89. The standard InChI is InChI=1S/C14H18BrNO/c1-11-5-3-2-4-8-16(11)14-7-6-12(10-17)9-13(14)15/h6-7,9-11H,2-5,8H2,1H3. The molecule has 1 unspecified atom stereocenters. The number of benzene rings is 1. The van der Waals surface area contributed by atoms with Crippen LogP contribution in [0.4, 0.5) is 5.69 Å². The molecule has 0 aliphatic carbocycles. The van der Waals surface area contributed by atoms with Crippen LogP contribution in [0.1, 0.15) is 43.0 Å². The van der Waals surface area contributed by atoms with Crippen LogP contribution in [-0.4, -0.2) is 18.9 Å². The Balaban J connectivity index is 2.28. The molecule has 0 bridgehead atoms. The SMILES string of the molecule is CC1CCCCCN1c1ccc(C=O)cc1Br. The molecule has 92 valence electrons. The molecule has 0 radical (unpaired) electrons. The average molecular weight is 296 g/mol. The zero-order valence-electron chi connectivity index (χ0n) is 10.2. The van der Waals surface area contributed by atoms with Gasteiger partial charge in [0.2, 0.25) is 0 Å². The van der Waals surface area contributed by atoms with Crippen molar-refractivity contribution in [1.82, 2.24) is 0 Å². The van der Waals surface area contributed by atoms with Gasteiger partial charge in [0, 0.05) is 22.6 Å². The smallest absolute Gasteiger partial charge is 0.150 e. The van der Waals surface area contributed by atoms with E-state index in [0.29, 0.717) is 6.04 Å².